The number of hydrogen-bond donors (Lipinski definition) is 0. The number of fused-ring (bicyclic) bond motifs is 4. The van der Waals surface area contributed by atoms with Crippen LogP contribution in [0.3, 0.4) is 0 Å². The van der Waals surface area contributed by atoms with Crippen molar-refractivity contribution in [1.82, 2.24) is 0 Å². The van der Waals surface area contributed by atoms with Crippen LogP contribution in [0.4, 0.5) is 0 Å². The van der Waals surface area contributed by atoms with E-state index in [0.29, 0.717) is 23.0 Å². The van der Waals surface area contributed by atoms with Crippen LogP contribution < -0.4 is 18.8 Å². The van der Waals surface area contributed by atoms with Gasteiger partial charge in [0.25, 0.3) is 0 Å². The molecule has 0 spiro atoms. The molecule has 0 N–H and O–H groups in total. The van der Waals surface area contributed by atoms with Crippen molar-refractivity contribution < 1.29 is 18.8 Å². The highest BCUT2D eigenvalue weighted by Crippen LogP contribution is 2.52. The first kappa shape index (κ1) is 18.6. The third kappa shape index (κ3) is 3.50. The van der Waals surface area contributed by atoms with Gasteiger partial charge in [0, 0.05) is 0 Å². The highest BCUT2D eigenvalue weighted by Gasteiger charge is 2.24. The smallest absolute Gasteiger partial charge is 0.524 e. The predicted octanol–water partition coefficient (Wildman–Crippen LogP) is 7.19. The van der Waals surface area contributed by atoms with Gasteiger partial charge in [-0.15, -0.1) is 0 Å². The zero-order chi connectivity index (χ0) is 20.6. The molecule has 31 heavy (non-hydrogen) atoms. The molecule has 0 unspecified atom stereocenters. The van der Waals surface area contributed by atoms with E-state index < -0.39 is 0 Å². The van der Waals surface area contributed by atoms with Crippen molar-refractivity contribution in [3.63, 3.8) is 0 Å². The standard InChI is InChI=1S/C24H14BO4S2/c1-3-11-19-15(7-1)26-23-17(9-5-13-21(23)30-19)28-25-29-18-10-6-14-22-24(18)27-16-8-2-4-12-20(16)31-22/h1-14H. The number of ether oxygens (including phenoxy) is 2. The number of benzene rings is 4. The molecule has 1 radical (unpaired) electrons. The van der Waals surface area contributed by atoms with Crippen LogP contribution in [0.25, 0.3) is 0 Å². The molecule has 2 aliphatic heterocycles. The van der Waals surface area contributed by atoms with Crippen LogP contribution in [0.15, 0.2) is 105 Å². The molecule has 0 aliphatic carbocycles. The minimum absolute atomic E-state index is 0.588. The minimum atomic E-state index is 0.588. The van der Waals surface area contributed by atoms with E-state index in [9.17, 15) is 0 Å². The summed E-state index contributed by atoms with van der Waals surface area (Å²) in [6, 6.07) is 27.5. The molecule has 4 aromatic rings. The fourth-order valence-electron chi connectivity index (χ4n) is 3.36. The van der Waals surface area contributed by atoms with Crippen molar-refractivity contribution in [3.8, 4) is 34.5 Å². The zero-order valence-electron chi connectivity index (χ0n) is 16.1. The Morgan fingerprint density at radius 3 is 1.48 bits per heavy atom. The normalized spacial score (nSPS) is 12.8. The quantitative estimate of drug-likeness (QED) is 0.270. The molecule has 0 amide bonds. The number of rotatable bonds is 4. The van der Waals surface area contributed by atoms with Crippen LogP contribution in [0.2, 0.25) is 0 Å². The van der Waals surface area contributed by atoms with Crippen LogP contribution in [0, 0.1) is 0 Å². The molecule has 0 aromatic heterocycles. The van der Waals surface area contributed by atoms with E-state index in [1.54, 1.807) is 23.5 Å². The fraction of sp³-hybridized carbons (Fsp3) is 0. The SMILES string of the molecule is [B](Oc1cccc2c1Oc1ccccc1S2)Oc1cccc2c1Oc1ccccc1S2. The summed E-state index contributed by atoms with van der Waals surface area (Å²) in [6.45, 7) is 0. The van der Waals surface area contributed by atoms with Crippen molar-refractivity contribution in [2.75, 3.05) is 0 Å². The lowest BCUT2D eigenvalue weighted by Crippen LogP contribution is -2.13. The molecule has 2 heterocycles. The summed E-state index contributed by atoms with van der Waals surface area (Å²) in [5.41, 5.74) is 0. The second-order valence-electron chi connectivity index (χ2n) is 6.80. The van der Waals surface area contributed by atoms with E-state index in [0.717, 1.165) is 31.1 Å². The van der Waals surface area contributed by atoms with Gasteiger partial charge in [-0.2, -0.15) is 0 Å². The summed E-state index contributed by atoms with van der Waals surface area (Å²) in [7, 11) is 1.31. The lowest BCUT2D eigenvalue weighted by atomic mass is 10.2. The van der Waals surface area contributed by atoms with Gasteiger partial charge in [-0.05, 0) is 48.5 Å². The Bertz CT molecular complexity index is 1200. The Morgan fingerprint density at radius 2 is 0.968 bits per heavy atom. The summed E-state index contributed by atoms with van der Waals surface area (Å²) in [5, 5.41) is 0. The van der Waals surface area contributed by atoms with Crippen molar-refractivity contribution in [2.45, 2.75) is 19.6 Å². The first-order chi connectivity index (χ1) is 15.3. The molecule has 0 saturated carbocycles. The van der Waals surface area contributed by atoms with Gasteiger partial charge in [0.05, 0.1) is 19.6 Å². The predicted molar refractivity (Wildman–Crippen MR) is 121 cm³/mol. The largest absolute Gasteiger partial charge is 0.658 e. The van der Waals surface area contributed by atoms with Crippen molar-refractivity contribution in [1.29, 1.82) is 0 Å². The van der Waals surface area contributed by atoms with Crippen LogP contribution >= 0.6 is 23.5 Å². The fourth-order valence-corrected chi connectivity index (χ4v) is 5.31. The zero-order valence-corrected chi connectivity index (χ0v) is 17.7. The maximum Gasteiger partial charge on any atom is 0.658 e. The van der Waals surface area contributed by atoms with E-state index in [4.69, 9.17) is 18.8 Å². The van der Waals surface area contributed by atoms with Gasteiger partial charge in [0.15, 0.2) is 11.5 Å². The molecular formula is C24H14BO4S2. The summed E-state index contributed by atoms with van der Waals surface area (Å²) in [4.78, 5) is 4.16. The van der Waals surface area contributed by atoms with E-state index in [1.807, 2.05) is 84.9 Å². The first-order valence-corrected chi connectivity index (χ1v) is 11.3. The average Bonchev–Trinajstić information content (AvgIpc) is 2.82. The maximum absolute atomic E-state index is 6.09. The first-order valence-electron chi connectivity index (χ1n) is 9.66. The van der Waals surface area contributed by atoms with Crippen molar-refractivity contribution in [2.24, 2.45) is 0 Å². The molecule has 7 heteroatoms. The summed E-state index contributed by atoms with van der Waals surface area (Å²) in [6.07, 6.45) is 0. The number of hydrogen-bond acceptors (Lipinski definition) is 6. The molecular weight excluding hydrogens is 427 g/mol. The van der Waals surface area contributed by atoms with Gasteiger partial charge < -0.3 is 18.8 Å². The second-order valence-corrected chi connectivity index (χ2v) is 8.97. The van der Waals surface area contributed by atoms with Gasteiger partial charge in [-0.1, -0.05) is 59.9 Å². The minimum Gasteiger partial charge on any atom is -0.524 e. The summed E-state index contributed by atoms with van der Waals surface area (Å²) < 4.78 is 23.9. The van der Waals surface area contributed by atoms with Gasteiger partial charge >= 0.3 is 7.69 Å². The van der Waals surface area contributed by atoms with Gasteiger partial charge in [-0.25, -0.2) is 0 Å². The molecule has 0 saturated heterocycles. The molecule has 0 bridgehead atoms. The van der Waals surface area contributed by atoms with E-state index in [1.165, 1.54) is 7.69 Å². The lowest BCUT2D eigenvalue weighted by Gasteiger charge is -2.23. The van der Waals surface area contributed by atoms with Crippen LogP contribution in [0.5, 0.6) is 34.5 Å². The van der Waals surface area contributed by atoms with Crippen molar-refractivity contribution >= 4 is 31.2 Å². The van der Waals surface area contributed by atoms with E-state index >= 15 is 0 Å². The Kier molecular flexibility index (Phi) is 4.70. The third-order valence-corrected chi connectivity index (χ3v) is 7.00. The summed E-state index contributed by atoms with van der Waals surface area (Å²) >= 11 is 3.31. The average molecular weight is 441 g/mol. The van der Waals surface area contributed by atoms with Crippen LogP contribution in [-0.4, -0.2) is 7.69 Å². The third-order valence-electron chi connectivity index (χ3n) is 4.80. The monoisotopic (exact) mass is 441 g/mol. The second kappa shape index (κ2) is 7.83. The number of para-hydroxylation sites is 4. The van der Waals surface area contributed by atoms with E-state index in [2.05, 4.69) is 0 Å². The van der Waals surface area contributed by atoms with Crippen molar-refractivity contribution in [3.05, 3.63) is 84.9 Å². The van der Waals surface area contributed by atoms with Gasteiger partial charge in [0.2, 0.25) is 0 Å². The molecule has 0 fully saturated rings. The molecule has 149 valence electrons. The highest BCUT2D eigenvalue weighted by molar-refractivity contribution is 7.99. The molecule has 4 aromatic carbocycles. The molecule has 6 rings (SSSR count). The lowest BCUT2D eigenvalue weighted by molar-refractivity contribution is 0.390. The maximum atomic E-state index is 6.09. The Balaban J connectivity index is 1.20. The highest BCUT2D eigenvalue weighted by atomic mass is 32.2. The van der Waals surface area contributed by atoms with Gasteiger partial charge in [-0.3, -0.25) is 0 Å². The molecule has 0 atom stereocenters. The summed E-state index contributed by atoms with van der Waals surface area (Å²) in [5.74, 6) is 4.18. The van der Waals surface area contributed by atoms with Gasteiger partial charge in [0.1, 0.15) is 23.0 Å². The Labute approximate surface area is 188 Å². The Hall–Kier alpha value is -3.16. The molecule has 2 aliphatic rings. The Morgan fingerprint density at radius 1 is 0.516 bits per heavy atom. The van der Waals surface area contributed by atoms with Crippen LogP contribution in [-0.2, 0) is 0 Å². The molecule has 4 nitrogen and oxygen atoms in total. The van der Waals surface area contributed by atoms with E-state index in [-0.39, 0.29) is 0 Å². The van der Waals surface area contributed by atoms with Crippen LogP contribution in [0.1, 0.15) is 0 Å². The topological polar surface area (TPSA) is 36.9 Å².